The van der Waals surface area contributed by atoms with Crippen molar-refractivity contribution in [2.45, 2.75) is 32.4 Å². The number of ether oxygens (including phenoxy) is 2. The van der Waals surface area contributed by atoms with Crippen molar-refractivity contribution in [3.05, 3.63) is 65.5 Å². The Hall–Kier alpha value is -3.68. The summed E-state index contributed by atoms with van der Waals surface area (Å²) in [7, 11) is 1.60. The average molecular weight is 421 g/mol. The summed E-state index contributed by atoms with van der Waals surface area (Å²) in [6.07, 6.45) is 0.809. The monoisotopic (exact) mass is 421 g/mol. The van der Waals surface area contributed by atoms with Crippen molar-refractivity contribution in [1.82, 2.24) is 15.1 Å². The standard InChI is InChI=1S/C23H23N3O5/c1-15(21-24-25-22(31-21)17-9-11-19(29-2)12-10-17)30-23(28)18-7-5-16(6-8-18)14-26-13-3-4-20(26)27/h5-12,15H,3-4,13-14H2,1-2H3/t15-/m1/s1. The summed E-state index contributed by atoms with van der Waals surface area (Å²) < 4.78 is 16.3. The number of benzene rings is 2. The smallest absolute Gasteiger partial charge is 0.338 e. The molecule has 1 aliphatic rings. The SMILES string of the molecule is COc1ccc(-c2nnc([C@@H](C)OC(=O)c3ccc(CN4CCCC4=O)cc3)o2)cc1. The van der Waals surface area contributed by atoms with Gasteiger partial charge in [-0.1, -0.05) is 12.1 Å². The van der Waals surface area contributed by atoms with Gasteiger partial charge in [-0.05, 0) is 55.3 Å². The maximum Gasteiger partial charge on any atom is 0.338 e. The van der Waals surface area contributed by atoms with Gasteiger partial charge in [-0.15, -0.1) is 10.2 Å². The summed E-state index contributed by atoms with van der Waals surface area (Å²) in [6, 6.07) is 14.3. The molecule has 0 N–H and O–H groups in total. The van der Waals surface area contributed by atoms with Crippen LogP contribution in [0.3, 0.4) is 0 Å². The molecule has 1 amide bonds. The highest BCUT2D eigenvalue weighted by Gasteiger charge is 2.22. The van der Waals surface area contributed by atoms with E-state index in [9.17, 15) is 9.59 Å². The molecule has 160 valence electrons. The molecule has 0 unspecified atom stereocenters. The quantitative estimate of drug-likeness (QED) is 0.536. The lowest BCUT2D eigenvalue weighted by molar-refractivity contribution is -0.128. The van der Waals surface area contributed by atoms with Crippen molar-refractivity contribution < 1.29 is 23.5 Å². The summed E-state index contributed by atoms with van der Waals surface area (Å²) >= 11 is 0. The summed E-state index contributed by atoms with van der Waals surface area (Å²) in [5.41, 5.74) is 2.13. The fraction of sp³-hybridized carbons (Fsp3) is 0.304. The van der Waals surface area contributed by atoms with E-state index in [1.54, 1.807) is 38.3 Å². The van der Waals surface area contributed by atoms with E-state index in [4.69, 9.17) is 13.9 Å². The van der Waals surface area contributed by atoms with Gasteiger partial charge in [0.25, 0.3) is 5.89 Å². The van der Waals surface area contributed by atoms with Gasteiger partial charge in [-0.2, -0.15) is 0 Å². The Morgan fingerprint density at radius 3 is 2.52 bits per heavy atom. The Bertz CT molecular complexity index is 1060. The van der Waals surface area contributed by atoms with E-state index >= 15 is 0 Å². The number of amides is 1. The molecule has 8 heteroatoms. The van der Waals surface area contributed by atoms with Gasteiger partial charge in [0.05, 0.1) is 12.7 Å². The fourth-order valence-electron chi connectivity index (χ4n) is 3.37. The Balaban J connectivity index is 1.37. The van der Waals surface area contributed by atoms with Crippen molar-refractivity contribution in [3.8, 4) is 17.2 Å². The molecule has 0 spiro atoms. The second-order valence-corrected chi connectivity index (χ2v) is 7.34. The van der Waals surface area contributed by atoms with Crippen molar-refractivity contribution in [2.75, 3.05) is 13.7 Å². The highest BCUT2D eigenvalue weighted by molar-refractivity contribution is 5.89. The molecule has 2 aromatic carbocycles. The Kier molecular flexibility index (Phi) is 5.97. The van der Waals surface area contributed by atoms with Gasteiger partial charge in [0.15, 0.2) is 6.10 Å². The molecule has 8 nitrogen and oxygen atoms in total. The number of carbonyl (C=O) groups excluding carboxylic acids is 2. The number of aromatic nitrogens is 2. The maximum atomic E-state index is 12.5. The van der Waals surface area contributed by atoms with Crippen LogP contribution in [-0.2, 0) is 16.1 Å². The molecular formula is C23H23N3O5. The molecule has 1 aliphatic heterocycles. The van der Waals surface area contributed by atoms with Crippen LogP contribution in [0.5, 0.6) is 5.75 Å². The summed E-state index contributed by atoms with van der Waals surface area (Å²) in [6.45, 7) is 3.01. The Morgan fingerprint density at radius 2 is 1.87 bits per heavy atom. The van der Waals surface area contributed by atoms with Gasteiger partial charge in [-0.3, -0.25) is 4.79 Å². The highest BCUT2D eigenvalue weighted by Crippen LogP contribution is 2.25. The first kappa shape index (κ1) is 20.6. The van der Waals surface area contributed by atoms with E-state index in [0.717, 1.165) is 29.8 Å². The second-order valence-electron chi connectivity index (χ2n) is 7.34. The molecule has 0 aliphatic carbocycles. The van der Waals surface area contributed by atoms with E-state index in [-0.39, 0.29) is 11.8 Å². The Labute approximate surface area is 179 Å². The third-order valence-electron chi connectivity index (χ3n) is 5.14. The predicted molar refractivity (Wildman–Crippen MR) is 111 cm³/mol. The van der Waals surface area contributed by atoms with Crippen LogP contribution in [0.25, 0.3) is 11.5 Å². The highest BCUT2D eigenvalue weighted by atomic mass is 16.6. The number of nitrogens with zero attached hydrogens (tertiary/aromatic N) is 3. The molecular weight excluding hydrogens is 398 g/mol. The lowest BCUT2D eigenvalue weighted by Gasteiger charge is -2.15. The van der Waals surface area contributed by atoms with Crippen molar-refractivity contribution >= 4 is 11.9 Å². The van der Waals surface area contributed by atoms with E-state index in [0.29, 0.717) is 24.4 Å². The van der Waals surface area contributed by atoms with Gasteiger partial charge in [0.1, 0.15) is 5.75 Å². The second kappa shape index (κ2) is 8.99. The first-order valence-electron chi connectivity index (χ1n) is 10.1. The minimum absolute atomic E-state index is 0.172. The third-order valence-corrected chi connectivity index (χ3v) is 5.14. The summed E-state index contributed by atoms with van der Waals surface area (Å²) in [4.78, 5) is 26.1. The number of likely N-dealkylation sites (tertiary alicyclic amines) is 1. The van der Waals surface area contributed by atoms with Gasteiger partial charge in [0, 0.05) is 25.1 Å². The number of rotatable bonds is 7. The molecule has 0 bridgehead atoms. The van der Waals surface area contributed by atoms with Crippen molar-refractivity contribution in [2.24, 2.45) is 0 Å². The first-order chi connectivity index (χ1) is 15.0. The number of carbonyl (C=O) groups is 2. The van der Waals surface area contributed by atoms with Crippen LogP contribution >= 0.6 is 0 Å². The van der Waals surface area contributed by atoms with Crippen molar-refractivity contribution in [3.63, 3.8) is 0 Å². The first-order valence-corrected chi connectivity index (χ1v) is 10.1. The zero-order valence-electron chi connectivity index (χ0n) is 17.4. The third kappa shape index (κ3) is 4.74. The fourth-order valence-corrected chi connectivity index (χ4v) is 3.37. The summed E-state index contributed by atoms with van der Waals surface area (Å²) in [5.74, 6) is 0.958. The van der Waals surface area contributed by atoms with Gasteiger partial charge >= 0.3 is 5.97 Å². The molecule has 0 saturated carbocycles. The predicted octanol–water partition coefficient (Wildman–Crippen LogP) is 3.79. The van der Waals surface area contributed by atoms with Crippen LogP contribution in [0, 0.1) is 0 Å². The van der Waals surface area contributed by atoms with Crippen LogP contribution in [0.1, 0.15) is 47.7 Å². The van der Waals surface area contributed by atoms with Crippen LogP contribution in [0.15, 0.2) is 52.9 Å². The Morgan fingerprint density at radius 1 is 1.13 bits per heavy atom. The molecule has 0 radical (unpaired) electrons. The minimum Gasteiger partial charge on any atom is -0.497 e. The van der Waals surface area contributed by atoms with E-state index in [1.165, 1.54) is 0 Å². The number of hydrogen-bond acceptors (Lipinski definition) is 7. The molecule has 2 heterocycles. The molecule has 1 aromatic heterocycles. The van der Waals surface area contributed by atoms with Crippen LogP contribution in [0.2, 0.25) is 0 Å². The molecule has 1 atom stereocenters. The van der Waals surface area contributed by atoms with E-state index < -0.39 is 12.1 Å². The van der Waals surface area contributed by atoms with E-state index in [1.807, 2.05) is 29.2 Å². The average Bonchev–Trinajstić information content (AvgIpc) is 3.44. The minimum atomic E-state index is -0.700. The summed E-state index contributed by atoms with van der Waals surface area (Å²) in [5, 5.41) is 8.03. The number of hydrogen-bond donors (Lipinski definition) is 0. The number of methoxy groups -OCH3 is 1. The lowest BCUT2D eigenvalue weighted by Crippen LogP contribution is -2.23. The lowest BCUT2D eigenvalue weighted by atomic mass is 10.1. The zero-order chi connectivity index (χ0) is 21.8. The molecule has 1 saturated heterocycles. The normalized spacial score (nSPS) is 14.5. The largest absolute Gasteiger partial charge is 0.497 e. The molecule has 31 heavy (non-hydrogen) atoms. The molecule has 3 aromatic rings. The zero-order valence-corrected chi connectivity index (χ0v) is 17.4. The van der Waals surface area contributed by atoms with E-state index in [2.05, 4.69) is 10.2 Å². The number of esters is 1. The molecule has 4 rings (SSSR count). The van der Waals surface area contributed by atoms with Gasteiger partial charge in [-0.25, -0.2) is 4.79 Å². The van der Waals surface area contributed by atoms with Crippen LogP contribution in [-0.4, -0.2) is 40.6 Å². The maximum absolute atomic E-state index is 12.5. The van der Waals surface area contributed by atoms with Crippen LogP contribution in [0.4, 0.5) is 0 Å². The van der Waals surface area contributed by atoms with Gasteiger partial charge in [0.2, 0.25) is 11.8 Å². The molecule has 1 fully saturated rings. The van der Waals surface area contributed by atoms with Gasteiger partial charge < -0.3 is 18.8 Å². The van der Waals surface area contributed by atoms with Crippen molar-refractivity contribution in [1.29, 1.82) is 0 Å². The van der Waals surface area contributed by atoms with Crippen LogP contribution < -0.4 is 4.74 Å². The topological polar surface area (TPSA) is 94.8 Å².